The molecule has 0 unspecified atom stereocenters. The van der Waals surface area contributed by atoms with Crippen LogP contribution in [0.15, 0.2) is 47.9 Å². The van der Waals surface area contributed by atoms with Gasteiger partial charge in [0.1, 0.15) is 0 Å². The van der Waals surface area contributed by atoms with E-state index in [4.69, 9.17) is 11.6 Å². The lowest BCUT2D eigenvalue weighted by atomic mass is 9.85. The van der Waals surface area contributed by atoms with Crippen molar-refractivity contribution in [2.75, 3.05) is 10.2 Å². The summed E-state index contributed by atoms with van der Waals surface area (Å²) in [6.07, 6.45) is 5.03. The monoisotopic (exact) mass is 398 g/mol. The van der Waals surface area contributed by atoms with Crippen molar-refractivity contribution < 1.29 is 14.4 Å². The first-order valence-electron chi connectivity index (χ1n) is 8.75. The van der Waals surface area contributed by atoms with Crippen molar-refractivity contribution >= 4 is 52.0 Å². The number of nitrogens with zero attached hydrogens (tertiary/aromatic N) is 1. The summed E-state index contributed by atoms with van der Waals surface area (Å²) in [7, 11) is 0. The number of carbonyl (C=O) groups is 3. The Labute approximate surface area is 164 Å². The number of rotatable bonds is 3. The topological polar surface area (TPSA) is 66.5 Å². The Balaban J connectivity index is 1.40. The van der Waals surface area contributed by atoms with Crippen LogP contribution in [0.4, 0.5) is 11.4 Å². The van der Waals surface area contributed by atoms with Crippen LogP contribution in [0, 0.1) is 23.7 Å². The quantitative estimate of drug-likeness (QED) is 0.628. The Bertz CT molecular complexity index is 971. The standard InChI is InChI=1S/C20H15ClN2O3S/c21-13-9-12(5-6-14(13)22-18(24)15-2-1-7-27-15)23-19(25)16-10-3-4-11(8-10)17(16)20(23)26/h1-7,9-11,16-17H,8H2,(H,22,24)/t10-,11-,16-,17+/m0/s1. The number of benzene rings is 1. The molecule has 1 saturated heterocycles. The normalized spacial score (nSPS) is 28.1. The second-order valence-electron chi connectivity index (χ2n) is 7.11. The van der Waals surface area contributed by atoms with Crippen molar-refractivity contribution in [3.8, 4) is 0 Å². The molecule has 2 aliphatic carbocycles. The molecule has 5 nitrogen and oxygen atoms in total. The minimum atomic E-state index is -0.246. The first kappa shape index (κ1) is 16.7. The Morgan fingerprint density at radius 3 is 2.41 bits per heavy atom. The summed E-state index contributed by atoms with van der Waals surface area (Å²) in [5.74, 6) is -0.691. The SMILES string of the molecule is O=C(Nc1ccc(N2C(=O)[C@@H]3[C@H](C2=O)[C@H]2C=C[C@H]3C2)cc1Cl)c1cccs1. The average molecular weight is 399 g/mol. The molecule has 1 saturated carbocycles. The highest BCUT2D eigenvalue weighted by Crippen LogP contribution is 2.53. The molecule has 5 rings (SSSR count). The summed E-state index contributed by atoms with van der Waals surface area (Å²) < 4.78 is 0. The summed E-state index contributed by atoms with van der Waals surface area (Å²) in [5.41, 5.74) is 0.901. The number of nitrogens with one attached hydrogen (secondary N) is 1. The molecule has 1 aromatic carbocycles. The summed E-state index contributed by atoms with van der Waals surface area (Å²) >= 11 is 7.66. The fraction of sp³-hybridized carbons (Fsp3) is 0.250. The number of thiophene rings is 1. The molecule has 0 radical (unpaired) electrons. The number of imide groups is 1. The number of anilines is 2. The predicted molar refractivity (Wildman–Crippen MR) is 104 cm³/mol. The number of carbonyl (C=O) groups excluding carboxylic acids is 3. The predicted octanol–water partition coefficient (Wildman–Crippen LogP) is 3.97. The second-order valence-corrected chi connectivity index (χ2v) is 8.46. The minimum Gasteiger partial charge on any atom is -0.320 e. The van der Waals surface area contributed by atoms with Crippen LogP contribution < -0.4 is 10.2 Å². The van der Waals surface area contributed by atoms with Crippen LogP contribution >= 0.6 is 22.9 Å². The van der Waals surface area contributed by atoms with Crippen molar-refractivity contribution in [2.24, 2.45) is 23.7 Å². The van der Waals surface area contributed by atoms with E-state index in [0.29, 0.717) is 16.3 Å². The fourth-order valence-corrected chi connectivity index (χ4v) is 5.33. The van der Waals surface area contributed by atoms with Gasteiger partial charge in [0.2, 0.25) is 11.8 Å². The zero-order valence-electron chi connectivity index (χ0n) is 14.1. The molecule has 0 spiro atoms. The average Bonchev–Trinajstić information content (AvgIpc) is 3.42. The maximum atomic E-state index is 12.9. The lowest BCUT2D eigenvalue weighted by Crippen LogP contribution is -2.32. The number of hydrogen-bond donors (Lipinski definition) is 1. The number of amides is 3. The molecule has 1 N–H and O–H groups in total. The Morgan fingerprint density at radius 1 is 1.11 bits per heavy atom. The van der Waals surface area contributed by atoms with Crippen LogP contribution in [0.1, 0.15) is 16.1 Å². The van der Waals surface area contributed by atoms with Crippen molar-refractivity contribution in [3.63, 3.8) is 0 Å². The lowest BCUT2D eigenvalue weighted by molar-refractivity contribution is -0.123. The van der Waals surface area contributed by atoms with Crippen LogP contribution in [0.2, 0.25) is 5.02 Å². The molecule has 27 heavy (non-hydrogen) atoms. The third-order valence-electron chi connectivity index (χ3n) is 5.67. The van der Waals surface area contributed by atoms with Crippen molar-refractivity contribution in [1.29, 1.82) is 0 Å². The lowest BCUT2D eigenvalue weighted by Gasteiger charge is -2.18. The Kier molecular flexibility index (Phi) is 3.74. The fourth-order valence-electron chi connectivity index (χ4n) is 4.49. The van der Waals surface area contributed by atoms with Gasteiger partial charge in [0.05, 0.1) is 33.1 Å². The number of allylic oxidation sites excluding steroid dienone is 2. The molecule has 4 atom stereocenters. The third-order valence-corrected chi connectivity index (χ3v) is 6.86. The Morgan fingerprint density at radius 2 is 1.81 bits per heavy atom. The van der Waals surface area contributed by atoms with Crippen LogP contribution in [0.3, 0.4) is 0 Å². The molecule has 1 aromatic heterocycles. The van der Waals surface area contributed by atoms with E-state index in [-0.39, 0.29) is 46.4 Å². The van der Waals surface area contributed by atoms with Gasteiger partial charge in [0.15, 0.2) is 0 Å². The highest BCUT2D eigenvalue weighted by Gasteiger charge is 2.59. The van der Waals surface area contributed by atoms with Gasteiger partial charge >= 0.3 is 0 Å². The van der Waals surface area contributed by atoms with Gasteiger partial charge in [-0.05, 0) is 47.9 Å². The van der Waals surface area contributed by atoms with Gasteiger partial charge in [-0.15, -0.1) is 11.3 Å². The molecular formula is C20H15ClN2O3S. The number of hydrogen-bond acceptors (Lipinski definition) is 4. The molecule has 1 aliphatic heterocycles. The van der Waals surface area contributed by atoms with E-state index in [0.717, 1.165) is 6.42 Å². The van der Waals surface area contributed by atoms with Gasteiger partial charge in [-0.25, -0.2) is 4.90 Å². The van der Waals surface area contributed by atoms with Crippen LogP contribution in [-0.2, 0) is 9.59 Å². The third kappa shape index (κ3) is 2.47. The molecule has 2 bridgehead atoms. The van der Waals surface area contributed by atoms with Gasteiger partial charge in [-0.2, -0.15) is 0 Å². The molecular weight excluding hydrogens is 384 g/mol. The van der Waals surface area contributed by atoms with E-state index in [1.165, 1.54) is 16.2 Å². The molecule has 7 heteroatoms. The van der Waals surface area contributed by atoms with Crippen LogP contribution in [0.5, 0.6) is 0 Å². The van der Waals surface area contributed by atoms with E-state index in [1.54, 1.807) is 30.3 Å². The summed E-state index contributed by atoms with van der Waals surface area (Å²) in [6, 6.07) is 8.38. The zero-order valence-corrected chi connectivity index (χ0v) is 15.7. The van der Waals surface area contributed by atoms with E-state index in [9.17, 15) is 14.4 Å². The zero-order chi connectivity index (χ0) is 18.7. The molecule has 136 valence electrons. The number of fused-ring (bicyclic) bond motifs is 5. The largest absolute Gasteiger partial charge is 0.320 e. The highest BCUT2D eigenvalue weighted by atomic mass is 35.5. The first-order chi connectivity index (χ1) is 13.0. The van der Waals surface area contributed by atoms with E-state index in [2.05, 4.69) is 17.5 Å². The van der Waals surface area contributed by atoms with Gasteiger partial charge in [-0.1, -0.05) is 29.8 Å². The van der Waals surface area contributed by atoms with Crippen molar-refractivity contribution in [3.05, 3.63) is 57.8 Å². The maximum Gasteiger partial charge on any atom is 0.265 e. The van der Waals surface area contributed by atoms with Gasteiger partial charge < -0.3 is 5.32 Å². The first-order valence-corrected chi connectivity index (χ1v) is 10.0. The summed E-state index contributed by atoms with van der Waals surface area (Å²) in [5, 5.41) is 4.87. The van der Waals surface area contributed by atoms with Gasteiger partial charge in [0.25, 0.3) is 5.91 Å². The smallest absolute Gasteiger partial charge is 0.265 e. The van der Waals surface area contributed by atoms with Gasteiger partial charge in [0, 0.05) is 0 Å². The molecule has 2 fully saturated rings. The summed E-state index contributed by atoms with van der Waals surface area (Å²) in [6.45, 7) is 0. The van der Waals surface area contributed by atoms with Crippen LogP contribution in [0.25, 0.3) is 0 Å². The maximum absolute atomic E-state index is 12.9. The molecule has 2 aromatic rings. The Hall–Kier alpha value is -2.44. The molecule has 3 amide bonds. The molecule has 3 aliphatic rings. The van der Waals surface area contributed by atoms with E-state index < -0.39 is 0 Å². The van der Waals surface area contributed by atoms with Crippen LogP contribution in [-0.4, -0.2) is 17.7 Å². The van der Waals surface area contributed by atoms with Gasteiger partial charge in [-0.3, -0.25) is 14.4 Å². The second kappa shape index (κ2) is 6.04. The summed E-state index contributed by atoms with van der Waals surface area (Å²) in [4.78, 5) is 39.8. The van der Waals surface area contributed by atoms with E-state index >= 15 is 0 Å². The minimum absolute atomic E-state index is 0.145. The van der Waals surface area contributed by atoms with Crippen molar-refractivity contribution in [2.45, 2.75) is 6.42 Å². The molecule has 2 heterocycles. The number of halogens is 1. The highest BCUT2D eigenvalue weighted by molar-refractivity contribution is 7.12. The van der Waals surface area contributed by atoms with Crippen molar-refractivity contribution in [1.82, 2.24) is 0 Å². The van der Waals surface area contributed by atoms with E-state index in [1.807, 2.05) is 5.38 Å².